The third kappa shape index (κ3) is 3.45. The fourth-order valence-corrected chi connectivity index (χ4v) is 2.25. The maximum Gasteiger partial charge on any atom is 0.269 e. The SMILES string of the molecule is CCNc1ccc([N+](=O)[O-])cc1CN1CCNC(=O)C1. The van der Waals surface area contributed by atoms with Crippen LogP contribution < -0.4 is 10.6 Å². The van der Waals surface area contributed by atoms with E-state index >= 15 is 0 Å². The lowest BCUT2D eigenvalue weighted by molar-refractivity contribution is -0.384. The van der Waals surface area contributed by atoms with E-state index in [1.807, 2.05) is 11.8 Å². The lowest BCUT2D eigenvalue weighted by atomic mass is 10.1. The van der Waals surface area contributed by atoms with Crippen LogP contribution in [0, 0.1) is 10.1 Å². The average Bonchev–Trinajstić information content (AvgIpc) is 2.41. The van der Waals surface area contributed by atoms with Crippen LogP contribution in [0.15, 0.2) is 18.2 Å². The molecule has 1 aliphatic heterocycles. The highest BCUT2D eigenvalue weighted by molar-refractivity contribution is 5.78. The lowest BCUT2D eigenvalue weighted by Gasteiger charge is -2.27. The number of rotatable bonds is 5. The van der Waals surface area contributed by atoms with Crippen LogP contribution in [0.2, 0.25) is 0 Å². The van der Waals surface area contributed by atoms with Crippen molar-refractivity contribution in [2.75, 3.05) is 31.5 Å². The molecule has 2 N–H and O–H groups in total. The lowest BCUT2D eigenvalue weighted by Crippen LogP contribution is -2.47. The van der Waals surface area contributed by atoms with Gasteiger partial charge in [-0.25, -0.2) is 0 Å². The van der Waals surface area contributed by atoms with E-state index in [-0.39, 0.29) is 11.6 Å². The van der Waals surface area contributed by atoms with Crippen molar-refractivity contribution in [3.63, 3.8) is 0 Å². The van der Waals surface area contributed by atoms with E-state index in [0.29, 0.717) is 19.6 Å². The maximum atomic E-state index is 11.4. The summed E-state index contributed by atoms with van der Waals surface area (Å²) in [6.07, 6.45) is 0. The molecular formula is C13H18N4O3. The number of non-ortho nitro benzene ring substituents is 1. The van der Waals surface area contributed by atoms with E-state index in [0.717, 1.165) is 24.3 Å². The highest BCUT2D eigenvalue weighted by Gasteiger charge is 2.18. The molecule has 7 nitrogen and oxygen atoms in total. The topological polar surface area (TPSA) is 87.5 Å². The zero-order chi connectivity index (χ0) is 14.5. The van der Waals surface area contributed by atoms with Crippen LogP contribution in [0.4, 0.5) is 11.4 Å². The summed E-state index contributed by atoms with van der Waals surface area (Å²) >= 11 is 0. The van der Waals surface area contributed by atoms with E-state index in [1.165, 1.54) is 6.07 Å². The number of piperazine rings is 1. The number of nitrogens with one attached hydrogen (secondary N) is 2. The van der Waals surface area contributed by atoms with Crippen LogP contribution in [0.5, 0.6) is 0 Å². The molecular weight excluding hydrogens is 260 g/mol. The van der Waals surface area contributed by atoms with Gasteiger partial charge in [0, 0.05) is 44.0 Å². The normalized spacial score (nSPS) is 15.8. The number of carbonyl (C=O) groups excluding carboxylic acids is 1. The summed E-state index contributed by atoms with van der Waals surface area (Å²) < 4.78 is 0. The Bertz CT molecular complexity index is 518. The molecule has 7 heteroatoms. The van der Waals surface area contributed by atoms with Crippen LogP contribution in [-0.2, 0) is 11.3 Å². The number of amides is 1. The van der Waals surface area contributed by atoms with Gasteiger partial charge in [0.25, 0.3) is 5.69 Å². The second-order valence-corrected chi connectivity index (χ2v) is 4.69. The Morgan fingerprint density at radius 2 is 2.30 bits per heavy atom. The number of hydrogen-bond acceptors (Lipinski definition) is 5. The molecule has 1 aliphatic rings. The number of nitrogens with zero attached hydrogens (tertiary/aromatic N) is 2. The molecule has 1 aromatic rings. The van der Waals surface area contributed by atoms with Gasteiger partial charge in [-0.1, -0.05) is 0 Å². The summed E-state index contributed by atoms with van der Waals surface area (Å²) in [4.78, 5) is 23.8. The smallest absolute Gasteiger partial charge is 0.269 e. The van der Waals surface area contributed by atoms with Crippen molar-refractivity contribution in [1.82, 2.24) is 10.2 Å². The third-order valence-electron chi connectivity index (χ3n) is 3.18. The fraction of sp³-hybridized carbons (Fsp3) is 0.462. The van der Waals surface area contributed by atoms with Crippen molar-refractivity contribution in [3.05, 3.63) is 33.9 Å². The predicted molar refractivity (Wildman–Crippen MR) is 75.5 cm³/mol. The molecule has 0 aromatic heterocycles. The Balaban J connectivity index is 2.20. The molecule has 0 unspecified atom stereocenters. The van der Waals surface area contributed by atoms with Crippen LogP contribution in [0.25, 0.3) is 0 Å². The zero-order valence-corrected chi connectivity index (χ0v) is 11.4. The van der Waals surface area contributed by atoms with Crippen molar-refractivity contribution in [2.24, 2.45) is 0 Å². The van der Waals surface area contributed by atoms with Gasteiger partial charge in [0.1, 0.15) is 0 Å². The van der Waals surface area contributed by atoms with E-state index < -0.39 is 4.92 Å². The minimum absolute atomic E-state index is 0.00770. The molecule has 0 radical (unpaired) electrons. The summed E-state index contributed by atoms with van der Waals surface area (Å²) in [6, 6.07) is 4.79. The van der Waals surface area contributed by atoms with Gasteiger partial charge in [-0.3, -0.25) is 19.8 Å². The number of nitro groups is 1. The molecule has 0 saturated carbocycles. The largest absolute Gasteiger partial charge is 0.385 e. The van der Waals surface area contributed by atoms with Crippen LogP contribution in [-0.4, -0.2) is 41.9 Å². The van der Waals surface area contributed by atoms with E-state index in [9.17, 15) is 14.9 Å². The summed E-state index contributed by atoms with van der Waals surface area (Å²) in [6.45, 7) is 4.93. The first-order chi connectivity index (χ1) is 9.60. The highest BCUT2D eigenvalue weighted by Crippen LogP contribution is 2.23. The summed E-state index contributed by atoms with van der Waals surface area (Å²) in [5.41, 5.74) is 1.79. The quantitative estimate of drug-likeness (QED) is 0.618. The van der Waals surface area contributed by atoms with Crippen LogP contribution >= 0.6 is 0 Å². The van der Waals surface area contributed by atoms with Crippen molar-refractivity contribution in [3.8, 4) is 0 Å². The van der Waals surface area contributed by atoms with Crippen molar-refractivity contribution in [2.45, 2.75) is 13.5 Å². The molecule has 1 amide bonds. The summed E-state index contributed by atoms with van der Waals surface area (Å²) in [5, 5.41) is 16.8. The predicted octanol–water partition coefficient (Wildman–Crippen LogP) is 0.958. The molecule has 1 fully saturated rings. The van der Waals surface area contributed by atoms with Gasteiger partial charge in [-0.05, 0) is 18.6 Å². The second kappa shape index (κ2) is 6.33. The minimum atomic E-state index is -0.401. The number of benzene rings is 1. The Hall–Kier alpha value is -2.15. The molecule has 2 rings (SSSR count). The second-order valence-electron chi connectivity index (χ2n) is 4.69. The Kier molecular flexibility index (Phi) is 4.52. The minimum Gasteiger partial charge on any atom is -0.385 e. The first-order valence-electron chi connectivity index (χ1n) is 6.60. The van der Waals surface area contributed by atoms with Crippen LogP contribution in [0.1, 0.15) is 12.5 Å². The van der Waals surface area contributed by atoms with E-state index in [2.05, 4.69) is 10.6 Å². The van der Waals surface area contributed by atoms with Gasteiger partial charge in [0.15, 0.2) is 0 Å². The first kappa shape index (κ1) is 14.3. The average molecular weight is 278 g/mol. The first-order valence-corrected chi connectivity index (χ1v) is 6.60. The third-order valence-corrected chi connectivity index (χ3v) is 3.18. The molecule has 0 aliphatic carbocycles. The molecule has 1 saturated heterocycles. The summed E-state index contributed by atoms with van der Waals surface area (Å²) in [5.74, 6) is -0.00770. The number of nitro benzene ring substituents is 1. The molecule has 0 atom stereocenters. The standard InChI is InChI=1S/C13H18N4O3/c1-2-14-12-4-3-11(17(19)20)7-10(12)8-16-6-5-15-13(18)9-16/h3-4,7,14H,2,5-6,8-9H2,1H3,(H,15,18). The Morgan fingerprint density at radius 3 is 2.95 bits per heavy atom. The molecule has 108 valence electrons. The van der Waals surface area contributed by atoms with Gasteiger partial charge in [-0.15, -0.1) is 0 Å². The van der Waals surface area contributed by atoms with Gasteiger partial charge in [0.05, 0.1) is 11.5 Å². The maximum absolute atomic E-state index is 11.4. The van der Waals surface area contributed by atoms with Crippen molar-refractivity contribution >= 4 is 17.3 Å². The Labute approximate surface area is 117 Å². The van der Waals surface area contributed by atoms with Crippen LogP contribution in [0.3, 0.4) is 0 Å². The highest BCUT2D eigenvalue weighted by atomic mass is 16.6. The van der Waals surface area contributed by atoms with Gasteiger partial charge in [-0.2, -0.15) is 0 Å². The van der Waals surface area contributed by atoms with Crippen molar-refractivity contribution < 1.29 is 9.72 Å². The number of carbonyl (C=O) groups is 1. The number of anilines is 1. The van der Waals surface area contributed by atoms with Crippen molar-refractivity contribution in [1.29, 1.82) is 0 Å². The van der Waals surface area contributed by atoms with Gasteiger partial charge in [0.2, 0.25) is 5.91 Å². The summed E-state index contributed by atoms with van der Waals surface area (Å²) in [7, 11) is 0. The molecule has 0 spiro atoms. The van der Waals surface area contributed by atoms with Gasteiger partial charge >= 0.3 is 0 Å². The van der Waals surface area contributed by atoms with Gasteiger partial charge < -0.3 is 10.6 Å². The monoisotopic (exact) mass is 278 g/mol. The molecule has 20 heavy (non-hydrogen) atoms. The molecule has 1 aromatic carbocycles. The fourth-order valence-electron chi connectivity index (χ4n) is 2.25. The number of hydrogen-bond donors (Lipinski definition) is 2. The zero-order valence-electron chi connectivity index (χ0n) is 11.4. The van der Waals surface area contributed by atoms with E-state index in [1.54, 1.807) is 12.1 Å². The van der Waals surface area contributed by atoms with E-state index in [4.69, 9.17) is 0 Å². The molecule has 0 bridgehead atoms. The molecule has 1 heterocycles. The Morgan fingerprint density at radius 1 is 1.50 bits per heavy atom.